The molecule has 0 unspecified atom stereocenters. The predicted molar refractivity (Wildman–Crippen MR) is 77.7 cm³/mol. The van der Waals surface area contributed by atoms with E-state index in [0.717, 1.165) is 5.56 Å². The van der Waals surface area contributed by atoms with E-state index in [-0.39, 0.29) is 12.6 Å². The molecular formula is C14H18N4O4. The van der Waals surface area contributed by atoms with Crippen LogP contribution in [0.4, 0.5) is 4.79 Å². The Morgan fingerprint density at radius 1 is 1.23 bits per heavy atom. The number of aromatic nitrogens is 2. The summed E-state index contributed by atoms with van der Waals surface area (Å²) in [5.74, 6) is 2.25. The van der Waals surface area contributed by atoms with Gasteiger partial charge in [0.05, 0.1) is 20.8 Å². The molecule has 2 rings (SSSR count). The maximum Gasteiger partial charge on any atom is 0.315 e. The molecule has 1 aromatic heterocycles. The van der Waals surface area contributed by atoms with Crippen LogP contribution >= 0.6 is 0 Å². The van der Waals surface area contributed by atoms with Gasteiger partial charge in [-0.2, -0.15) is 4.98 Å². The Labute approximate surface area is 127 Å². The molecule has 8 heteroatoms. The van der Waals surface area contributed by atoms with E-state index in [9.17, 15) is 4.79 Å². The number of rotatable bonds is 6. The predicted octanol–water partition coefficient (Wildman–Crippen LogP) is 1.39. The second kappa shape index (κ2) is 7.30. The van der Waals surface area contributed by atoms with Gasteiger partial charge in [-0.25, -0.2) is 4.79 Å². The van der Waals surface area contributed by atoms with Crippen LogP contribution in [0.2, 0.25) is 0 Å². The van der Waals surface area contributed by atoms with Gasteiger partial charge in [0.15, 0.2) is 5.82 Å². The first kappa shape index (κ1) is 15.6. The number of carbonyl (C=O) groups is 1. The molecule has 0 saturated carbocycles. The van der Waals surface area contributed by atoms with Crippen LogP contribution in [0.15, 0.2) is 22.7 Å². The Morgan fingerprint density at radius 2 is 2.00 bits per heavy atom. The third-order valence-corrected chi connectivity index (χ3v) is 2.90. The van der Waals surface area contributed by atoms with E-state index in [0.29, 0.717) is 29.8 Å². The zero-order valence-corrected chi connectivity index (χ0v) is 12.7. The molecule has 8 nitrogen and oxygen atoms in total. The van der Waals surface area contributed by atoms with Crippen LogP contribution in [0.3, 0.4) is 0 Å². The van der Waals surface area contributed by atoms with Gasteiger partial charge in [0.1, 0.15) is 11.5 Å². The van der Waals surface area contributed by atoms with Gasteiger partial charge in [0.25, 0.3) is 0 Å². The van der Waals surface area contributed by atoms with Crippen molar-refractivity contribution >= 4 is 6.03 Å². The van der Waals surface area contributed by atoms with Crippen molar-refractivity contribution < 1.29 is 18.8 Å². The maximum atomic E-state index is 11.8. The maximum absolute atomic E-state index is 11.8. The Morgan fingerprint density at radius 3 is 2.64 bits per heavy atom. The van der Waals surface area contributed by atoms with Gasteiger partial charge < -0.3 is 24.6 Å². The molecule has 0 aliphatic rings. The fourth-order valence-electron chi connectivity index (χ4n) is 1.83. The average molecular weight is 306 g/mol. The van der Waals surface area contributed by atoms with Crippen molar-refractivity contribution in [1.29, 1.82) is 0 Å². The van der Waals surface area contributed by atoms with Gasteiger partial charge in [0.2, 0.25) is 5.89 Å². The second-order valence-electron chi connectivity index (χ2n) is 4.45. The molecule has 2 amide bonds. The summed E-state index contributed by atoms with van der Waals surface area (Å²) in [6.45, 7) is 2.18. The van der Waals surface area contributed by atoms with E-state index in [1.807, 2.05) is 0 Å². The molecule has 118 valence electrons. The number of carbonyl (C=O) groups excluding carboxylic acids is 1. The molecule has 0 spiro atoms. The van der Waals surface area contributed by atoms with Crippen LogP contribution in [0.5, 0.6) is 11.5 Å². The van der Waals surface area contributed by atoms with Crippen molar-refractivity contribution in [2.24, 2.45) is 0 Å². The second-order valence-corrected chi connectivity index (χ2v) is 4.45. The standard InChI is InChI=1S/C14H18N4O4/c1-9-17-13(22-18-9)8-16-14(19)15-7-10-6-11(20-2)4-5-12(10)21-3/h4-6H,7-8H2,1-3H3,(H2,15,16,19). The van der Waals surface area contributed by atoms with Crippen LogP contribution in [-0.2, 0) is 13.1 Å². The zero-order valence-electron chi connectivity index (χ0n) is 12.7. The molecule has 0 atom stereocenters. The van der Waals surface area contributed by atoms with E-state index in [1.54, 1.807) is 39.3 Å². The summed E-state index contributed by atoms with van der Waals surface area (Å²) < 4.78 is 15.3. The molecule has 1 heterocycles. The van der Waals surface area contributed by atoms with Crippen molar-refractivity contribution in [1.82, 2.24) is 20.8 Å². The lowest BCUT2D eigenvalue weighted by molar-refractivity contribution is 0.238. The van der Waals surface area contributed by atoms with E-state index in [4.69, 9.17) is 14.0 Å². The highest BCUT2D eigenvalue weighted by Gasteiger charge is 2.08. The molecule has 2 aromatic rings. The number of hydrogen-bond acceptors (Lipinski definition) is 6. The van der Waals surface area contributed by atoms with Crippen LogP contribution < -0.4 is 20.1 Å². The van der Waals surface area contributed by atoms with Gasteiger partial charge >= 0.3 is 6.03 Å². The van der Waals surface area contributed by atoms with E-state index in [2.05, 4.69) is 20.8 Å². The highest BCUT2D eigenvalue weighted by molar-refractivity contribution is 5.73. The molecule has 0 radical (unpaired) electrons. The number of amides is 2. The van der Waals surface area contributed by atoms with E-state index < -0.39 is 0 Å². The third-order valence-electron chi connectivity index (χ3n) is 2.90. The zero-order chi connectivity index (χ0) is 15.9. The number of urea groups is 1. The normalized spacial score (nSPS) is 10.1. The molecule has 0 saturated heterocycles. The summed E-state index contributed by atoms with van der Waals surface area (Å²) in [5, 5.41) is 9.00. The highest BCUT2D eigenvalue weighted by Crippen LogP contribution is 2.23. The summed E-state index contributed by atoms with van der Waals surface area (Å²) >= 11 is 0. The molecule has 2 N–H and O–H groups in total. The van der Waals surface area contributed by atoms with Crippen molar-refractivity contribution in [3.05, 3.63) is 35.5 Å². The highest BCUT2D eigenvalue weighted by atomic mass is 16.5. The van der Waals surface area contributed by atoms with Crippen LogP contribution in [-0.4, -0.2) is 30.4 Å². The minimum absolute atomic E-state index is 0.169. The summed E-state index contributed by atoms with van der Waals surface area (Å²) in [5.41, 5.74) is 0.811. The van der Waals surface area contributed by atoms with Gasteiger partial charge in [-0.1, -0.05) is 5.16 Å². The fourth-order valence-corrected chi connectivity index (χ4v) is 1.83. The molecule has 0 fully saturated rings. The van der Waals surface area contributed by atoms with Crippen LogP contribution in [0.1, 0.15) is 17.3 Å². The lowest BCUT2D eigenvalue weighted by Gasteiger charge is -2.11. The minimum Gasteiger partial charge on any atom is -0.497 e. The SMILES string of the molecule is COc1ccc(OC)c(CNC(=O)NCc2nc(C)no2)c1. The summed E-state index contributed by atoms with van der Waals surface area (Å²) in [7, 11) is 3.15. The number of methoxy groups -OCH3 is 2. The number of hydrogen-bond donors (Lipinski definition) is 2. The van der Waals surface area contributed by atoms with Crippen molar-refractivity contribution in [3.63, 3.8) is 0 Å². The van der Waals surface area contributed by atoms with Gasteiger partial charge in [-0.15, -0.1) is 0 Å². The van der Waals surface area contributed by atoms with Gasteiger partial charge in [0, 0.05) is 12.1 Å². The number of nitrogens with one attached hydrogen (secondary N) is 2. The topological polar surface area (TPSA) is 98.5 Å². The largest absolute Gasteiger partial charge is 0.497 e. The smallest absolute Gasteiger partial charge is 0.315 e. The lowest BCUT2D eigenvalue weighted by atomic mass is 10.2. The van der Waals surface area contributed by atoms with Gasteiger partial charge in [-0.05, 0) is 25.1 Å². The van der Waals surface area contributed by atoms with Crippen LogP contribution in [0.25, 0.3) is 0 Å². The summed E-state index contributed by atoms with van der Waals surface area (Å²) in [4.78, 5) is 15.8. The molecule has 1 aromatic carbocycles. The molecule has 0 bridgehead atoms. The van der Waals surface area contributed by atoms with Crippen molar-refractivity contribution in [2.45, 2.75) is 20.0 Å². The quantitative estimate of drug-likeness (QED) is 0.837. The molecular weight excluding hydrogens is 288 g/mol. The Bertz CT molecular complexity index is 642. The third kappa shape index (κ3) is 4.11. The number of ether oxygens (including phenoxy) is 2. The lowest BCUT2D eigenvalue weighted by Crippen LogP contribution is -2.34. The molecule has 0 aliphatic carbocycles. The van der Waals surface area contributed by atoms with Crippen LogP contribution in [0, 0.1) is 6.92 Å². The van der Waals surface area contributed by atoms with Crippen molar-refractivity contribution in [3.8, 4) is 11.5 Å². The Balaban J connectivity index is 1.87. The number of benzene rings is 1. The van der Waals surface area contributed by atoms with E-state index >= 15 is 0 Å². The van der Waals surface area contributed by atoms with E-state index in [1.165, 1.54) is 0 Å². The summed E-state index contributed by atoms with van der Waals surface area (Å²) in [6.07, 6.45) is 0. The minimum atomic E-state index is -0.347. The summed E-state index contributed by atoms with van der Waals surface area (Å²) in [6, 6.07) is 5.04. The average Bonchev–Trinajstić information content (AvgIpc) is 2.96. The number of aryl methyl sites for hydroxylation is 1. The Kier molecular flexibility index (Phi) is 5.18. The molecule has 22 heavy (non-hydrogen) atoms. The molecule has 0 aliphatic heterocycles. The van der Waals surface area contributed by atoms with Crippen molar-refractivity contribution in [2.75, 3.05) is 14.2 Å². The fraction of sp³-hybridized carbons (Fsp3) is 0.357. The Hall–Kier alpha value is -2.77. The van der Waals surface area contributed by atoms with Gasteiger partial charge in [-0.3, -0.25) is 0 Å². The first-order valence-electron chi connectivity index (χ1n) is 6.64. The first-order chi connectivity index (χ1) is 10.6. The number of nitrogens with zero attached hydrogens (tertiary/aromatic N) is 2. The monoisotopic (exact) mass is 306 g/mol. The first-order valence-corrected chi connectivity index (χ1v) is 6.64.